The number of fused-ring (bicyclic) bond motifs is 6. The number of hydrogen-bond donors (Lipinski definition) is 0. The van der Waals surface area contributed by atoms with Crippen LogP contribution in [0.3, 0.4) is 0 Å². The SMILES string of the molecule is c1ccc2cc(-c3c4ccccc4c(-c4cccc5sc6ccccc6c45)c4cnccc34)ccc2c1. The first-order chi connectivity index (χ1) is 18.4. The third kappa shape index (κ3) is 3.06. The van der Waals surface area contributed by atoms with E-state index in [1.807, 2.05) is 17.5 Å². The molecule has 6 aromatic carbocycles. The molecule has 0 radical (unpaired) electrons. The van der Waals surface area contributed by atoms with Crippen LogP contribution < -0.4 is 0 Å². The second kappa shape index (κ2) is 7.99. The number of benzene rings is 6. The van der Waals surface area contributed by atoms with Crippen LogP contribution in [0.15, 0.2) is 128 Å². The summed E-state index contributed by atoms with van der Waals surface area (Å²) < 4.78 is 2.64. The number of nitrogens with zero attached hydrogens (tertiary/aromatic N) is 1. The van der Waals surface area contributed by atoms with E-state index in [9.17, 15) is 0 Å². The van der Waals surface area contributed by atoms with E-state index >= 15 is 0 Å². The molecule has 0 fully saturated rings. The van der Waals surface area contributed by atoms with E-state index < -0.39 is 0 Å². The monoisotopic (exact) mass is 487 g/mol. The summed E-state index contributed by atoms with van der Waals surface area (Å²) in [6, 6.07) is 41.9. The average molecular weight is 488 g/mol. The molecular formula is C35H21NS. The molecule has 0 bridgehead atoms. The van der Waals surface area contributed by atoms with Gasteiger partial charge in [0.15, 0.2) is 0 Å². The van der Waals surface area contributed by atoms with Crippen LogP contribution in [0.25, 0.3) is 74.7 Å². The minimum atomic E-state index is 1.19. The molecule has 0 spiro atoms. The second-order valence-electron chi connectivity index (χ2n) is 9.56. The summed E-state index contributed by atoms with van der Waals surface area (Å²) in [6.07, 6.45) is 3.97. The maximum Gasteiger partial charge on any atom is 0.0361 e. The molecule has 172 valence electrons. The molecule has 1 nitrogen and oxygen atoms in total. The molecule has 0 N–H and O–H groups in total. The lowest BCUT2D eigenvalue weighted by Gasteiger charge is -2.18. The first-order valence-electron chi connectivity index (χ1n) is 12.5. The lowest BCUT2D eigenvalue weighted by molar-refractivity contribution is 1.37. The van der Waals surface area contributed by atoms with Gasteiger partial charge in [0.05, 0.1) is 0 Å². The van der Waals surface area contributed by atoms with Gasteiger partial charge in [-0.1, -0.05) is 91.0 Å². The van der Waals surface area contributed by atoms with Gasteiger partial charge in [-0.2, -0.15) is 0 Å². The van der Waals surface area contributed by atoms with Crippen molar-refractivity contribution in [2.24, 2.45) is 0 Å². The van der Waals surface area contributed by atoms with E-state index in [1.165, 1.54) is 74.7 Å². The van der Waals surface area contributed by atoms with E-state index in [0.29, 0.717) is 0 Å². The smallest absolute Gasteiger partial charge is 0.0361 e. The summed E-state index contributed by atoms with van der Waals surface area (Å²) in [6.45, 7) is 0. The Bertz CT molecular complexity index is 2090. The Balaban J connectivity index is 1.55. The van der Waals surface area contributed by atoms with E-state index in [1.54, 1.807) is 0 Å². The van der Waals surface area contributed by atoms with Gasteiger partial charge in [-0.3, -0.25) is 4.98 Å². The first-order valence-corrected chi connectivity index (χ1v) is 13.4. The third-order valence-electron chi connectivity index (χ3n) is 7.54. The minimum Gasteiger partial charge on any atom is -0.264 e. The maximum atomic E-state index is 4.62. The van der Waals surface area contributed by atoms with Crippen LogP contribution in [-0.2, 0) is 0 Å². The van der Waals surface area contributed by atoms with Crippen molar-refractivity contribution in [3.63, 3.8) is 0 Å². The fourth-order valence-corrected chi connectivity index (χ4v) is 7.08. The summed E-state index contributed by atoms with van der Waals surface area (Å²) in [7, 11) is 0. The van der Waals surface area contributed by atoms with Gasteiger partial charge in [0.2, 0.25) is 0 Å². The molecule has 2 heterocycles. The standard InChI is InChI=1S/C35H21NS/c1-2-9-23-20-24(17-16-22(23)8-1)33-25-10-3-4-11-26(25)34(30-21-36-19-18-27(30)33)29-13-7-15-32-35(29)28-12-5-6-14-31(28)37-32/h1-21H. The van der Waals surface area contributed by atoms with Crippen LogP contribution >= 0.6 is 11.3 Å². The highest BCUT2D eigenvalue weighted by Gasteiger charge is 2.19. The predicted molar refractivity (Wildman–Crippen MR) is 161 cm³/mol. The number of rotatable bonds is 2. The quantitative estimate of drug-likeness (QED) is 0.221. The largest absolute Gasteiger partial charge is 0.264 e. The van der Waals surface area contributed by atoms with E-state index in [2.05, 4.69) is 126 Å². The normalized spacial score (nSPS) is 11.8. The van der Waals surface area contributed by atoms with Crippen LogP contribution in [0.1, 0.15) is 0 Å². The molecule has 0 aliphatic carbocycles. The topological polar surface area (TPSA) is 12.9 Å². The number of thiophene rings is 1. The Hall–Kier alpha value is -4.53. The van der Waals surface area contributed by atoms with Gasteiger partial charge in [-0.05, 0) is 73.5 Å². The third-order valence-corrected chi connectivity index (χ3v) is 8.67. The van der Waals surface area contributed by atoms with E-state index in [-0.39, 0.29) is 0 Å². The van der Waals surface area contributed by atoms with Gasteiger partial charge in [-0.15, -0.1) is 11.3 Å². The zero-order valence-corrected chi connectivity index (χ0v) is 20.8. The van der Waals surface area contributed by atoms with Crippen LogP contribution in [0.5, 0.6) is 0 Å². The molecule has 0 aliphatic rings. The van der Waals surface area contributed by atoms with Gasteiger partial charge >= 0.3 is 0 Å². The van der Waals surface area contributed by atoms with Crippen molar-refractivity contribution >= 4 is 63.8 Å². The fourth-order valence-electron chi connectivity index (χ4n) is 5.95. The molecule has 0 unspecified atom stereocenters. The molecule has 2 heteroatoms. The molecule has 0 saturated carbocycles. The van der Waals surface area contributed by atoms with Gasteiger partial charge < -0.3 is 0 Å². The number of hydrogen-bond acceptors (Lipinski definition) is 2. The first kappa shape index (κ1) is 20.6. The van der Waals surface area contributed by atoms with Crippen molar-refractivity contribution < 1.29 is 0 Å². The molecule has 2 aromatic heterocycles. The Morgan fingerprint density at radius 3 is 2.08 bits per heavy atom. The summed E-state index contributed by atoms with van der Waals surface area (Å²) in [4.78, 5) is 4.62. The minimum absolute atomic E-state index is 1.19. The predicted octanol–water partition coefficient (Wildman–Crippen LogP) is 10.2. The summed E-state index contributed by atoms with van der Waals surface area (Å²) in [5, 5.41) is 10.1. The summed E-state index contributed by atoms with van der Waals surface area (Å²) >= 11 is 1.87. The van der Waals surface area contributed by atoms with Gasteiger partial charge in [0, 0.05) is 38.0 Å². The van der Waals surface area contributed by atoms with Crippen molar-refractivity contribution in [1.29, 1.82) is 0 Å². The molecule has 8 rings (SSSR count). The summed E-state index contributed by atoms with van der Waals surface area (Å²) in [5.74, 6) is 0. The lowest BCUT2D eigenvalue weighted by atomic mass is 9.85. The van der Waals surface area contributed by atoms with E-state index in [0.717, 1.165) is 0 Å². The highest BCUT2D eigenvalue weighted by atomic mass is 32.1. The van der Waals surface area contributed by atoms with Crippen molar-refractivity contribution in [3.05, 3.63) is 128 Å². The number of aromatic nitrogens is 1. The molecule has 0 saturated heterocycles. The van der Waals surface area contributed by atoms with Crippen LogP contribution in [0.4, 0.5) is 0 Å². The maximum absolute atomic E-state index is 4.62. The Labute approximate surface area is 218 Å². The van der Waals surface area contributed by atoms with E-state index in [4.69, 9.17) is 0 Å². The molecule has 37 heavy (non-hydrogen) atoms. The van der Waals surface area contributed by atoms with Gasteiger partial charge in [0.1, 0.15) is 0 Å². The Morgan fingerprint density at radius 1 is 0.486 bits per heavy atom. The Kier molecular flexibility index (Phi) is 4.46. The Morgan fingerprint density at radius 2 is 1.19 bits per heavy atom. The zero-order chi connectivity index (χ0) is 24.3. The van der Waals surface area contributed by atoms with Crippen LogP contribution in [0, 0.1) is 0 Å². The van der Waals surface area contributed by atoms with Crippen molar-refractivity contribution in [1.82, 2.24) is 4.98 Å². The molecule has 0 aliphatic heterocycles. The highest BCUT2D eigenvalue weighted by Crippen LogP contribution is 2.47. The van der Waals surface area contributed by atoms with Crippen molar-refractivity contribution in [3.8, 4) is 22.3 Å². The van der Waals surface area contributed by atoms with Gasteiger partial charge in [0.25, 0.3) is 0 Å². The fraction of sp³-hybridized carbons (Fsp3) is 0. The molecular weight excluding hydrogens is 466 g/mol. The van der Waals surface area contributed by atoms with Crippen LogP contribution in [0.2, 0.25) is 0 Å². The molecule has 0 amide bonds. The van der Waals surface area contributed by atoms with Crippen molar-refractivity contribution in [2.45, 2.75) is 0 Å². The second-order valence-corrected chi connectivity index (χ2v) is 10.6. The molecule has 8 aromatic rings. The summed E-state index contributed by atoms with van der Waals surface area (Å²) in [5.41, 5.74) is 5.04. The van der Waals surface area contributed by atoms with Crippen LogP contribution in [-0.4, -0.2) is 4.98 Å². The zero-order valence-electron chi connectivity index (χ0n) is 20.0. The van der Waals surface area contributed by atoms with Crippen molar-refractivity contribution in [2.75, 3.05) is 0 Å². The highest BCUT2D eigenvalue weighted by molar-refractivity contribution is 7.25. The lowest BCUT2D eigenvalue weighted by Crippen LogP contribution is -1.92. The molecule has 0 atom stereocenters. The van der Waals surface area contributed by atoms with Gasteiger partial charge in [-0.25, -0.2) is 0 Å². The average Bonchev–Trinajstić information content (AvgIpc) is 3.35. The number of pyridine rings is 1.